The number of amides is 1. The van der Waals surface area contributed by atoms with E-state index in [2.05, 4.69) is 0 Å². The normalized spacial score (nSPS) is 16.3. The molecule has 0 N–H and O–H groups in total. The van der Waals surface area contributed by atoms with Gasteiger partial charge in [0.05, 0.1) is 12.0 Å². The predicted octanol–water partition coefficient (Wildman–Crippen LogP) is 4.19. The van der Waals surface area contributed by atoms with Crippen molar-refractivity contribution in [3.8, 4) is 16.9 Å². The van der Waals surface area contributed by atoms with E-state index < -0.39 is 0 Å². The first-order valence-electron chi connectivity index (χ1n) is 7.04. The highest BCUT2D eigenvalue weighted by atomic mass is 32.2. The van der Waals surface area contributed by atoms with E-state index >= 15 is 0 Å². The van der Waals surface area contributed by atoms with Crippen LogP contribution in [0.4, 0.5) is 0 Å². The van der Waals surface area contributed by atoms with Gasteiger partial charge in [-0.15, -0.1) is 0 Å². The number of hydrogen-bond acceptors (Lipinski definition) is 4. The summed E-state index contributed by atoms with van der Waals surface area (Å²) >= 11 is 6.47. The van der Waals surface area contributed by atoms with E-state index in [9.17, 15) is 4.79 Å². The van der Waals surface area contributed by atoms with Gasteiger partial charge in [-0.1, -0.05) is 60.4 Å². The number of rotatable bonds is 3. The summed E-state index contributed by atoms with van der Waals surface area (Å²) < 4.78 is 5.76. The maximum Gasteiger partial charge on any atom is 0.265 e. The highest BCUT2D eigenvalue weighted by molar-refractivity contribution is 8.26. The topological polar surface area (TPSA) is 29.5 Å². The van der Waals surface area contributed by atoms with Gasteiger partial charge in [0, 0.05) is 7.05 Å². The summed E-state index contributed by atoms with van der Waals surface area (Å²) in [5, 5.41) is 0. The van der Waals surface area contributed by atoms with Gasteiger partial charge in [0.15, 0.2) is 0 Å². The summed E-state index contributed by atoms with van der Waals surface area (Å²) in [5.74, 6) is 0.797. The van der Waals surface area contributed by atoms with Crippen LogP contribution in [0.15, 0.2) is 53.4 Å². The second-order valence-corrected chi connectivity index (χ2v) is 6.77. The molecule has 0 bridgehead atoms. The van der Waals surface area contributed by atoms with Gasteiger partial charge < -0.3 is 4.74 Å². The third kappa shape index (κ3) is 3.30. The van der Waals surface area contributed by atoms with Gasteiger partial charge in [-0.05, 0) is 34.9 Å². The Morgan fingerprint density at radius 2 is 1.61 bits per heavy atom. The van der Waals surface area contributed by atoms with E-state index in [4.69, 9.17) is 17.0 Å². The predicted molar refractivity (Wildman–Crippen MR) is 99.4 cm³/mol. The zero-order valence-electron chi connectivity index (χ0n) is 12.8. The van der Waals surface area contributed by atoms with Gasteiger partial charge in [-0.2, -0.15) is 0 Å². The molecule has 0 aliphatic carbocycles. The Balaban J connectivity index is 1.82. The summed E-state index contributed by atoms with van der Waals surface area (Å²) in [6, 6.07) is 16.0. The standard InChI is InChI=1S/C18H15NO2S2/c1-19-17(20)16(23-18(19)22)11-12-3-5-13(6-4-12)14-7-9-15(21-2)10-8-14/h3-11H,1-2H3/b16-11-. The van der Waals surface area contributed by atoms with Gasteiger partial charge in [-0.3, -0.25) is 9.69 Å². The smallest absolute Gasteiger partial charge is 0.265 e. The van der Waals surface area contributed by atoms with Crippen LogP contribution in [0.25, 0.3) is 17.2 Å². The first-order chi connectivity index (χ1) is 11.1. The molecule has 2 aromatic rings. The zero-order valence-corrected chi connectivity index (χ0v) is 14.4. The lowest BCUT2D eigenvalue weighted by Crippen LogP contribution is -2.22. The summed E-state index contributed by atoms with van der Waals surface area (Å²) in [4.78, 5) is 14.2. The van der Waals surface area contributed by atoms with Crippen molar-refractivity contribution in [3.63, 3.8) is 0 Å². The Bertz CT molecular complexity index is 780. The van der Waals surface area contributed by atoms with Crippen molar-refractivity contribution >= 4 is 40.3 Å². The number of hydrogen-bond donors (Lipinski definition) is 0. The van der Waals surface area contributed by atoms with Crippen LogP contribution in [-0.4, -0.2) is 29.3 Å². The van der Waals surface area contributed by atoms with Crippen molar-refractivity contribution in [1.29, 1.82) is 0 Å². The molecule has 1 fully saturated rings. The molecular weight excluding hydrogens is 326 g/mol. The number of thiocarbonyl (C=S) groups is 1. The molecule has 2 aromatic carbocycles. The van der Waals surface area contributed by atoms with Gasteiger partial charge in [-0.25, -0.2) is 0 Å². The van der Waals surface area contributed by atoms with Crippen molar-refractivity contribution in [2.75, 3.05) is 14.2 Å². The van der Waals surface area contributed by atoms with Crippen molar-refractivity contribution in [2.24, 2.45) is 0 Å². The van der Waals surface area contributed by atoms with Crippen LogP contribution in [-0.2, 0) is 4.79 Å². The van der Waals surface area contributed by atoms with E-state index in [0.717, 1.165) is 22.4 Å². The molecule has 1 saturated heterocycles. The molecule has 116 valence electrons. The van der Waals surface area contributed by atoms with Crippen LogP contribution in [0.1, 0.15) is 5.56 Å². The Kier molecular flexibility index (Phi) is 4.50. The van der Waals surface area contributed by atoms with E-state index in [1.54, 1.807) is 14.2 Å². The van der Waals surface area contributed by atoms with E-state index in [-0.39, 0.29) is 5.91 Å². The highest BCUT2D eigenvalue weighted by Crippen LogP contribution is 2.31. The largest absolute Gasteiger partial charge is 0.497 e. The third-order valence-corrected chi connectivity index (χ3v) is 5.10. The SMILES string of the molecule is COc1ccc(-c2ccc(/C=C3\SC(=S)N(C)C3=O)cc2)cc1. The number of thioether (sulfide) groups is 1. The number of carbonyl (C=O) groups is 1. The monoisotopic (exact) mass is 341 g/mol. The van der Waals surface area contributed by atoms with Crippen LogP contribution < -0.4 is 4.74 Å². The average Bonchev–Trinajstić information content (AvgIpc) is 2.83. The Hall–Kier alpha value is -2.11. The molecule has 3 rings (SSSR count). The number of ether oxygens (including phenoxy) is 1. The lowest BCUT2D eigenvalue weighted by atomic mass is 10.0. The average molecular weight is 341 g/mol. The van der Waals surface area contributed by atoms with Gasteiger partial charge in [0.2, 0.25) is 0 Å². The first kappa shape index (κ1) is 15.8. The minimum Gasteiger partial charge on any atom is -0.497 e. The number of benzene rings is 2. The van der Waals surface area contributed by atoms with Crippen LogP contribution >= 0.6 is 24.0 Å². The molecular formula is C18H15NO2S2. The van der Waals surface area contributed by atoms with Crippen molar-refractivity contribution in [1.82, 2.24) is 4.90 Å². The van der Waals surface area contributed by atoms with Crippen LogP contribution in [0.5, 0.6) is 5.75 Å². The van der Waals surface area contributed by atoms with Gasteiger partial charge in [0.25, 0.3) is 5.91 Å². The lowest BCUT2D eigenvalue weighted by molar-refractivity contribution is -0.121. The van der Waals surface area contributed by atoms with Crippen LogP contribution in [0.2, 0.25) is 0 Å². The molecule has 1 aliphatic heterocycles. The highest BCUT2D eigenvalue weighted by Gasteiger charge is 2.28. The van der Waals surface area contributed by atoms with Gasteiger partial charge in [0.1, 0.15) is 10.1 Å². The fraction of sp³-hybridized carbons (Fsp3) is 0.111. The molecule has 0 aromatic heterocycles. The number of carbonyl (C=O) groups excluding carboxylic acids is 1. The molecule has 1 aliphatic rings. The molecule has 1 heterocycles. The molecule has 0 spiro atoms. The quantitative estimate of drug-likeness (QED) is 0.618. The Morgan fingerprint density at radius 1 is 1.04 bits per heavy atom. The van der Waals surface area contributed by atoms with E-state index in [1.165, 1.54) is 16.7 Å². The Labute approximate surface area is 144 Å². The molecule has 0 radical (unpaired) electrons. The molecule has 23 heavy (non-hydrogen) atoms. The van der Waals surface area contributed by atoms with E-state index in [0.29, 0.717) is 9.23 Å². The van der Waals surface area contributed by atoms with Crippen molar-refractivity contribution in [2.45, 2.75) is 0 Å². The van der Waals surface area contributed by atoms with Crippen molar-refractivity contribution in [3.05, 3.63) is 59.0 Å². The van der Waals surface area contributed by atoms with Gasteiger partial charge >= 0.3 is 0 Å². The van der Waals surface area contributed by atoms with Crippen LogP contribution in [0, 0.1) is 0 Å². The maximum absolute atomic E-state index is 12.0. The summed E-state index contributed by atoms with van der Waals surface area (Å²) in [6.45, 7) is 0. The second kappa shape index (κ2) is 6.56. The fourth-order valence-electron chi connectivity index (χ4n) is 2.25. The molecule has 0 unspecified atom stereocenters. The summed E-state index contributed by atoms with van der Waals surface area (Å²) in [7, 11) is 3.36. The summed E-state index contributed by atoms with van der Waals surface area (Å²) in [5.41, 5.74) is 3.22. The first-order valence-corrected chi connectivity index (χ1v) is 8.27. The lowest BCUT2D eigenvalue weighted by Gasteiger charge is -2.05. The number of nitrogens with zero attached hydrogens (tertiary/aromatic N) is 1. The van der Waals surface area contributed by atoms with Crippen LogP contribution in [0.3, 0.4) is 0 Å². The molecule has 0 atom stereocenters. The maximum atomic E-state index is 12.0. The number of likely N-dealkylation sites (N-methyl/N-ethyl adjacent to an activating group) is 1. The minimum atomic E-state index is -0.0424. The van der Waals surface area contributed by atoms with Crippen molar-refractivity contribution < 1.29 is 9.53 Å². The zero-order chi connectivity index (χ0) is 16.4. The molecule has 3 nitrogen and oxygen atoms in total. The Morgan fingerprint density at radius 3 is 2.09 bits per heavy atom. The molecule has 5 heteroatoms. The summed E-state index contributed by atoms with van der Waals surface area (Å²) in [6.07, 6.45) is 1.88. The molecule has 1 amide bonds. The fourth-order valence-corrected chi connectivity index (χ4v) is 3.43. The third-order valence-electron chi connectivity index (χ3n) is 3.62. The minimum absolute atomic E-state index is 0.0424. The van der Waals surface area contributed by atoms with E-state index in [1.807, 2.05) is 54.6 Å². The second-order valence-electron chi connectivity index (χ2n) is 5.09. The number of methoxy groups -OCH3 is 1. The molecule has 0 saturated carbocycles.